The standard InChI is InChI=1S/C17H31N5S.HI/c1-2-21-11-13-22(14-12-21)10-4-3-8-19-17(18)20-9-7-16-6-5-15-23-16;/h5-6,15H,2-4,7-14H2,1H3,(H3,18,19,20);1H. The lowest BCUT2D eigenvalue weighted by molar-refractivity contribution is 0.136. The van der Waals surface area contributed by atoms with Crippen LogP contribution in [0.4, 0.5) is 0 Å². The van der Waals surface area contributed by atoms with Gasteiger partial charge in [-0.1, -0.05) is 13.0 Å². The lowest BCUT2D eigenvalue weighted by atomic mass is 10.2. The van der Waals surface area contributed by atoms with Crippen molar-refractivity contribution in [1.82, 2.24) is 15.1 Å². The van der Waals surface area contributed by atoms with Crippen molar-refractivity contribution in [2.45, 2.75) is 26.2 Å². The van der Waals surface area contributed by atoms with Crippen molar-refractivity contribution in [2.24, 2.45) is 10.7 Å². The first-order chi connectivity index (χ1) is 11.3. The maximum Gasteiger partial charge on any atom is 0.188 e. The van der Waals surface area contributed by atoms with Gasteiger partial charge in [0, 0.05) is 44.1 Å². The van der Waals surface area contributed by atoms with Crippen molar-refractivity contribution in [3.63, 3.8) is 0 Å². The molecule has 0 unspecified atom stereocenters. The van der Waals surface area contributed by atoms with Gasteiger partial charge in [-0.15, -0.1) is 35.3 Å². The average Bonchev–Trinajstić information content (AvgIpc) is 3.08. The summed E-state index contributed by atoms with van der Waals surface area (Å²) in [5, 5.41) is 5.30. The van der Waals surface area contributed by atoms with Crippen LogP contribution in [0.2, 0.25) is 0 Å². The quantitative estimate of drug-likeness (QED) is 0.254. The van der Waals surface area contributed by atoms with Crippen LogP contribution < -0.4 is 11.1 Å². The molecule has 1 aliphatic rings. The van der Waals surface area contributed by atoms with Crippen LogP contribution in [-0.2, 0) is 6.42 Å². The fourth-order valence-electron chi connectivity index (χ4n) is 2.80. The van der Waals surface area contributed by atoms with Gasteiger partial charge in [0.25, 0.3) is 0 Å². The van der Waals surface area contributed by atoms with Crippen molar-refractivity contribution in [3.8, 4) is 0 Å². The van der Waals surface area contributed by atoms with E-state index in [0.29, 0.717) is 5.96 Å². The molecule has 0 atom stereocenters. The second-order valence-corrected chi connectivity index (χ2v) is 7.04. The molecular weight excluding hydrogens is 433 g/mol. The summed E-state index contributed by atoms with van der Waals surface area (Å²) in [6, 6.07) is 4.24. The Labute approximate surface area is 167 Å². The van der Waals surface area contributed by atoms with E-state index in [1.165, 1.54) is 50.6 Å². The Kier molecular flexibility index (Phi) is 11.7. The van der Waals surface area contributed by atoms with Crippen LogP contribution in [0.15, 0.2) is 22.5 Å². The molecule has 0 aliphatic carbocycles. The summed E-state index contributed by atoms with van der Waals surface area (Å²) in [4.78, 5) is 10.9. The molecule has 138 valence electrons. The summed E-state index contributed by atoms with van der Waals surface area (Å²) in [7, 11) is 0. The molecule has 0 saturated carbocycles. The molecular formula is C17H32IN5S. The monoisotopic (exact) mass is 465 g/mol. The Bertz CT molecular complexity index is 444. The minimum absolute atomic E-state index is 0. The third kappa shape index (κ3) is 8.64. The smallest absolute Gasteiger partial charge is 0.188 e. The molecule has 1 aromatic heterocycles. The number of likely N-dealkylation sites (N-methyl/N-ethyl adjacent to an activating group) is 1. The highest BCUT2D eigenvalue weighted by Gasteiger charge is 2.14. The van der Waals surface area contributed by atoms with Crippen LogP contribution in [0.3, 0.4) is 0 Å². The number of hydrogen-bond donors (Lipinski definition) is 2. The van der Waals surface area contributed by atoms with E-state index in [1.807, 2.05) is 0 Å². The van der Waals surface area contributed by atoms with Crippen LogP contribution in [0.25, 0.3) is 0 Å². The molecule has 0 radical (unpaired) electrons. The van der Waals surface area contributed by atoms with Gasteiger partial charge in [-0.25, -0.2) is 0 Å². The van der Waals surface area contributed by atoms with Crippen LogP contribution in [0.1, 0.15) is 24.6 Å². The number of nitrogens with zero attached hydrogens (tertiary/aromatic N) is 3. The first-order valence-electron chi connectivity index (χ1n) is 8.79. The zero-order valence-corrected chi connectivity index (χ0v) is 17.9. The van der Waals surface area contributed by atoms with Crippen molar-refractivity contribution in [2.75, 3.05) is 52.4 Å². The number of guanidine groups is 1. The lowest BCUT2D eigenvalue weighted by Gasteiger charge is -2.33. The van der Waals surface area contributed by atoms with E-state index in [1.54, 1.807) is 11.3 Å². The molecule has 1 saturated heterocycles. The summed E-state index contributed by atoms with van der Waals surface area (Å²) in [5.41, 5.74) is 5.90. The minimum atomic E-state index is 0. The van der Waals surface area contributed by atoms with Crippen molar-refractivity contribution >= 4 is 41.3 Å². The van der Waals surface area contributed by atoms with Crippen LogP contribution in [0.5, 0.6) is 0 Å². The molecule has 5 nitrogen and oxygen atoms in total. The molecule has 7 heteroatoms. The fraction of sp³-hybridized carbons (Fsp3) is 0.706. The number of rotatable bonds is 9. The number of hydrogen-bond acceptors (Lipinski definition) is 4. The van der Waals surface area contributed by atoms with E-state index in [-0.39, 0.29) is 24.0 Å². The third-order valence-electron chi connectivity index (χ3n) is 4.33. The molecule has 2 rings (SSSR count). The van der Waals surface area contributed by atoms with Gasteiger partial charge in [-0.05, 0) is 43.8 Å². The predicted molar refractivity (Wildman–Crippen MR) is 116 cm³/mol. The van der Waals surface area contributed by atoms with E-state index in [0.717, 1.165) is 25.9 Å². The zero-order chi connectivity index (χ0) is 16.3. The third-order valence-corrected chi connectivity index (χ3v) is 5.27. The molecule has 0 aromatic carbocycles. The lowest BCUT2D eigenvalue weighted by Crippen LogP contribution is -2.46. The molecule has 2 heterocycles. The highest BCUT2D eigenvalue weighted by atomic mass is 127. The van der Waals surface area contributed by atoms with E-state index >= 15 is 0 Å². The minimum Gasteiger partial charge on any atom is -0.370 e. The largest absolute Gasteiger partial charge is 0.370 e. The summed E-state index contributed by atoms with van der Waals surface area (Å²) < 4.78 is 0. The van der Waals surface area contributed by atoms with Crippen molar-refractivity contribution in [1.29, 1.82) is 0 Å². The highest BCUT2D eigenvalue weighted by Crippen LogP contribution is 2.08. The van der Waals surface area contributed by atoms with E-state index in [9.17, 15) is 0 Å². The van der Waals surface area contributed by atoms with Gasteiger partial charge >= 0.3 is 0 Å². The highest BCUT2D eigenvalue weighted by molar-refractivity contribution is 14.0. The van der Waals surface area contributed by atoms with Gasteiger partial charge < -0.3 is 20.9 Å². The first-order valence-corrected chi connectivity index (χ1v) is 9.66. The van der Waals surface area contributed by atoms with Crippen molar-refractivity contribution < 1.29 is 0 Å². The van der Waals surface area contributed by atoms with Gasteiger partial charge in [0.1, 0.15) is 0 Å². The summed E-state index contributed by atoms with van der Waals surface area (Å²) >= 11 is 1.79. The molecule has 1 aliphatic heterocycles. The Hall–Kier alpha value is -0.380. The van der Waals surface area contributed by atoms with Crippen LogP contribution >= 0.6 is 35.3 Å². The average molecular weight is 465 g/mol. The van der Waals surface area contributed by atoms with Gasteiger partial charge in [0.05, 0.1) is 0 Å². The maximum absolute atomic E-state index is 5.90. The summed E-state index contributed by atoms with van der Waals surface area (Å²) in [6.45, 7) is 11.2. The van der Waals surface area contributed by atoms with Crippen LogP contribution in [-0.4, -0.2) is 68.1 Å². The molecule has 1 fully saturated rings. The molecule has 3 N–H and O–H groups in total. The van der Waals surface area contributed by atoms with Gasteiger partial charge in [-0.3, -0.25) is 4.99 Å². The Morgan fingerprint density at radius 3 is 2.67 bits per heavy atom. The maximum atomic E-state index is 5.90. The molecule has 0 amide bonds. The van der Waals surface area contributed by atoms with Gasteiger partial charge in [0.2, 0.25) is 0 Å². The normalized spacial score (nSPS) is 16.8. The van der Waals surface area contributed by atoms with Gasteiger partial charge in [-0.2, -0.15) is 0 Å². The second-order valence-electron chi connectivity index (χ2n) is 6.01. The van der Waals surface area contributed by atoms with Crippen molar-refractivity contribution in [3.05, 3.63) is 22.4 Å². The Morgan fingerprint density at radius 2 is 2.00 bits per heavy atom. The molecule has 0 spiro atoms. The number of aliphatic imine (C=N–C) groups is 1. The van der Waals surface area contributed by atoms with Gasteiger partial charge in [0.15, 0.2) is 5.96 Å². The molecule has 1 aromatic rings. The fourth-order valence-corrected chi connectivity index (χ4v) is 3.51. The first kappa shape index (κ1) is 21.7. The zero-order valence-electron chi connectivity index (χ0n) is 14.7. The Balaban J connectivity index is 0.00000288. The number of thiophene rings is 1. The number of halogens is 1. The summed E-state index contributed by atoms with van der Waals surface area (Å²) in [6.07, 6.45) is 3.33. The SMILES string of the molecule is CCN1CCN(CCCCN=C(N)NCCc2cccs2)CC1.I. The number of nitrogens with two attached hydrogens (primary N) is 1. The molecule has 24 heavy (non-hydrogen) atoms. The second kappa shape index (κ2) is 12.9. The topological polar surface area (TPSA) is 56.9 Å². The van der Waals surface area contributed by atoms with Crippen LogP contribution in [0, 0.1) is 0 Å². The Morgan fingerprint density at radius 1 is 1.25 bits per heavy atom. The van der Waals surface area contributed by atoms with E-state index in [4.69, 9.17) is 5.73 Å². The van der Waals surface area contributed by atoms with E-state index < -0.39 is 0 Å². The summed E-state index contributed by atoms with van der Waals surface area (Å²) in [5.74, 6) is 0.582. The number of nitrogens with one attached hydrogen (secondary N) is 1. The predicted octanol–water partition coefficient (Wildman–Crippen LogP) is 2.23. The number of piperazine rings is 1. The van der Waals surface area contributed by atoms with E-state index in [2.05, 4.69) is 44.5 Å². The number of unbranched alkanes of at least 4 members (excludes halogenated alkanes) is 1. The molecule has 0 bridgehead atoms.